The van der Waals surface area contributed by atoms with E-state index < -0.39 is 0 Å². The molecule has 4 N–H and O–H groups in total. The Bertz CT molecular complexity index is 598. The van der Waals surface area contributed by atoms with Gasteiger partial charge in [-0.15, -0.1) is 0 Å². The number of hydrazine groups is 1. The fourth-order valence-corrected chi connectivity index (χ4v) is 1.97. The molecule has 0 atom stereocenters. The van der Waals surface area contributed by atoms with Gasteiger partial charge in [-0.05, 0) is 37.6 Å². The van der Waals surface area contributed by atoms with Gasteiger partial charge in [0.15, 0.2) is 0 Å². The van der Waals surface area contributed by atoms with Crippen molar-refractivity contribution in [2.75, 3.05) is 17.9 Å². The lowest BCUT2D eigenvalue weighted by Gasteiger charge is -2.13. The highest BCUT2D eigenvalue weighted by molar-refractivity contribution is 5.64. The molecule has 6 heteroatoms. The van der Waals surface area contributed by atoms with E-state index in [0.29, 0.717) is 5.82 Å². The van der Waals surface area contributed by atoms with Crippen molar-refractivity contribution >= 4 is 17.3 Å². The van der Waals surface area contributed by atoms with Crippen molar-refractivity contribution in [3.8, 4) is 5.75 Å². The standard InChI is InChI=1S/C15H21N5O/c1-4-5-13-18-14(10(2)15(19-13)20-16)17-11-6-8-12(21-3)9-7-11/h6-9H,4-5,16H2,1-3H3,(H2,17,18,19,20). The quantitative estimate of drug-likeness (QED) is 0.559. The largest absolute Gasteiger partial charge is 0.497 e. The number of benzene rings is 1. The van der Waals surface area contributed by atoms with Crippen LogP contribution in [-0.4, -0.2) is 17.1 Å². The summed E-state index contributed by atoms with van der Waals surface area (Å²) in [6.07, 6.45) is 1.79. The van der Waals surface area contributed by atoms with Crippen LogP contribution in [-0.2, 0) is 6.42 Å². The third-order valence-electron chi connectivity index (χ3n) is 3.16. The minimum atomic E-state index is 0.643. The molecule has 0 unspecified atom stereocenters. The van der Waals surface area contributed by atoms with Crippen molar-refractivity contribution in [1.29, 1.82) is 0 Å². The summed E-state index contributed by atoms with van der Waals surface area (Å²) in [5.74, 6) is 8.52. The third kappa shape index (κ3) is 3.61. The molecule has 0 fully saturated rings. The molecule has 1 heterocycles. The van der Waals surface area contributed by atoms with E-state index in [9.17, 15) is 0 Å². The Morgan fingerprint density at radius 2 is 1.81 bits per heavy atom. The highest BCUT2D eigenvalue weighted by atomic mass is 16.5. The van der Waals surface area contributed by atoms with Gasteiger partial charge in [0.1, 0.15) is 23.2 Å². The van der Waals surface area contributed by atoms with Crippen LogP contribution < -0.4 is 21.3 Å². The minimum Gasteiger partial charge on any atom is -0.497 e. The minimum absolute atomic E-state index is 0.643. The third-order valence-corrected chi connectivity index (χ3v) is 3.16. The summed E-state index contributed by atoms with van der Waals surface area (Å²) < 4.78 is 5.15. The van der Waals surface area contributed by atoms with E-state index in [-0.39, 0.29) is 0 Å². The second-order valence-corrected chi connectivity index (χ2v) is 4.71. The lowest BCUT2D eigenvalue weighted by molar-refractivity contribution is 0.415. The van der Waals surface area contributed by atoms with E-state index >= 15 is 0 Å². The number of aryl methyl sites for hydroxylation is 1. The van der Waals surface area contributed by atoms with Crippen molar-refractivity contribution < 1.29 is 4.74 Å². The topological polar surface area (TPSA) is 85.1 Å². The molecule has 0 saturated carbocycles. The number of hydrogen-bond acceptors (Lipinski definition) is 6. The second kappa shape index (κ2) is 6.90. The number of ether oxygens (including phenoxy) is 1. The zero-order chi connectivity index (χ0) is 15.2. The van der Waals surface area contributed by atoms with E-state index in [0.717, 1.165) is 41.5 Å². The lowest BCUT2D eigenvalue weighted by atomic mass is 10.2. The Labute approximate surface area is 124 Å². The molecule has 0 bridgehead atoms. The van der Waals surface area contributed by atoms with E-state index in [4.69, 9.17) is 10.6 Å². The Hall–Kier alpha value is -2.34. The van der Waals surface area contributed by atoms with Gasteiger partial charge in [0.05, 0.1) is 7.11 Å². The molecule has 1 aromatic heterocycles. The molecular formula is C15H21N5O. The average Bonchev–Trinajstić information content (AvgIpc) is 2.51. The molecular weight excluding hydrogens is 266 g/mol. The van der Waals surface area contributed by atoms with Crippen molar-refractivity contribution in [1.82, 2.24) is 9.97 Å². The van der Waals surface area contributed by atoms with Crippen molar-refractivity contribution in [3.05, 3.63) is 35.7 Å². The number of nitrogens with two attached hydrogens (primary N) is 1. The summed E-state index contributed by atoms with van der Waals surface area (Å²) in [6, 6.07) is 7.67. The summed E-state index contributed by atoms with van der Waals surface area (Å²) in [5, 5.41) is 3.29. The lowest BCUT2D eigenvalue weighted by Crippen LogP contribution is -2.14. The maximum absolute atomic E-state index is 5.53. The molecule has 0 saturated heterocycles. The molecule has 0 aliphatic rings. The number of hydrogen-bond donors (Lipinski definition) is 3. The second-order valence-electron chi connectivity index (χ2n) is 4.71. The molecule has 0 aliphatic heterocycles. The van der Waals surface area contributed by atoms with Crippen molar-refractivity contribution in [2.24, 2.45) is 5.84 Å². The maximum Gasteiger partial charge on any atom is 0.148 e. The molecule has 0 radical (unpaired) electrons. The van der Waals surface area contributed by atoms with Crippen LogP contribution in [0.2, 0.25) is 0 Å². The molecule has 1 aromatic carbocycles. The van der Waals surface area contributed by atoms with Crippen LogP contribution >= 0.6 is 0 Å². The zero-order valence-electron chi connectivity index (χ0n) is 12.6. The average molecular weight is 287 g/mol. The number of nitrogens with one attached hydrogen (secondary N) is 2. The zero-order valence-corrected chi connectivity index (χ0v) is 12.6. The van der Waals surface area contributed by atoms with Crippen LogP contribution in [0.25, 0.3) is 0 Å². The SMILES string of the molecule is CCCc1nc(NN)c(C)c(Nc2ccc(OC)cc2)n1. The van der Waals surface area contributed by atoms with Crippen LogP contribution in [0.5, 0.6) is 5.75 Å². The van der Waals surface area contributed by atoms with Crippen LogP contribution in [0.4, 0.5) is 17.3 Å². The number of aromatic nitrogens is 2. The fraction of sp³-hybridized carbons (Fsp3) is 0.333. The Kier molecular flexibility index (Phi) is 4.94. The smallest absolute Gasteiger partial charge is 0.148 e. The number of nitrogen functional groups attached to an aromatic ring is 1. The maximum atomic E-state index is 5.53. The van der Waals surface area contributed by atoms with Crippen LogP contribution in [0.15, 0.2) is 24.3 Å². The van der Waals surface area contributed by atoms with Crippen LogP contribution in [0, 0.1) is 6.92 Å². The summed E-state index contributed by atoms with van der Waals surface area (Å²) in [6.45, 7) is 4.02. The molecule has 6 nitrogen and oxygen atoms in total. The summed E-state index contributed by atoms with van der Waals surface area (Å²) in [5.41, 5.74) is 4.44. The number of anilines is 3. The Morgan fingerprint density at radius 3 is 2.38 bits per heavy atom. The Morgan fingerprint density at radius 1 is 1.14 bits per heavy atom. The predicted molar refractivity (Wildman–Crippen MR) is 84.9 cm³/mol. The van der Waals surface area contributed by atoms with E-state index in [2.05, 4.69) is 27.6 Å². The summed E-state index contributed by atoms with van der Waals surface area (Å²) in [7, 11) is 1.65. The molecule has 0 aliphatic carbocycles. The van der Waals surface area contributed by atoms with E-state index in [1.807, 2.05) is 31.2 Å². The first-order valence-electron chi connectivity index (χ1n) is 6.93. The van der Waals surface area contributed by atoms with Gasteiger partial charge in [-0.25, -0.2) is 15.8 Å². The normalized spacial score (nSPS) is 10.3. The van der Waals surface area contributed by atoms with Gasteiger partial charge in [-0.3, -0.25) is 0 Å². The number of nitrogens with zero attached hydrogens (tertiary/aromatic N) is 2. The number of rotatable bonds is 6. The van der Waals surface area contributed by atoms with E-state index in [1.54, 1.807) is 7.11 Å². The predicted octanol–water partition coefficient (Wildman–Crippen LogP) is 2.78. The summed E-state index contributed by atoms with van der Waals surface area (Å²) in [4.78, 5) is 8.96. The molecule has 21 heavy (non-hydrogen) atoms. The Balaban J connectivity index is 2.30. The van der Waals surface area contributed by atoms with Crippen LogP contribution in [0.1, 0.15) is 24.7 Å². The molecule has 2 aromatic rings. The molecule has 2 rings (SSSR count). The van der Waals surface area contributed by atoms with Crippen molar-refractivity contribution in [3.63, 3.8) is 0 Å². The highest BCUT2D eigenvalue weighted by Gasteiger charge is 2.10. The monoisotopic (exact) mass is 287 g/mol. The summed E-state index contributed by atoms with van der Waals surface area (Å²) >= 11 is 0. The van der Waals surface area contributed by atoms with Gasteiger partial charge in [-0.2, -0.15) is 0 Å². The fourth-order valence-electron chi connectivity index (χ4n) is 1.97. The van der Waals surface area contributed by atoms with Gasteiger partial charge >= 0.3 is 0 Å². The van der Waals surface area contributed by atoms with E-state index in [1.165, 1.54) is 0 Å². The van der Waals surface area contributed by atoms with Gasteiger partial charge in [0, 0.05) is 17.7 Å². The van der Waals surface area contributed by atoms with Gasteiger partial charge in [0.25, 0.3) is 0 Å². The first-order chi connectivity index (χ1) is 10.2. The van der Waals surface area contributed by atoms with Gasteiger partial charge in [-0.1, -0.05) is 6.92 Å². The first-order valence-corrected chi connectivity index (χ1v) is 6.93. The first kappa shape index (κ1) is 15.1. The molecule has 0 amide bonds. The number of methoxy groups -OCH3 is 1. The molecule has 112 valence electrons. The highest BCUT2D eigenvalue weighted by Crippen LogP contribution is 2.24. The van der Waals surface area contributed by atoms with Crippen molar-refractivity contribution in [2.45, 2.75) is 26.7 Å². The molecule has 0 spiro atoms. The van der Waals surface area contributed by atoms with Crippen LogP contribution in [0.3, 0.4) is 0 Å². The van der Waals surface area contributed by atoms with Gasteiger partial charge in [0.2, 0.25) is 0 Å². The van der Waals surface area contributed by atoms with Gasteiger partial charge < -0.3 is 15.5 Å².